The maximum atomic E-state index is 11.7. The van der Waals surface area contributed by atoms with Gasteiger partial charge in [-0.05, 0) is 12.1 Å². The fourth-order valence-electron chi connectivity index (χ4n) is 1.45. The van der Waals surface area contributed by atoms with E-state index in [-0.39, 0.29) is 18.1 Å². The van der Waals surface area contributed by atoms with Crippen molar-refractivity contribution in [1.82, 2.24) is 9.88 Å². The molecule has 2 aromatic rings. The van der Waals surface area contributed by atoms with Crippen molar-refractivity contribution < 1.29 is 26.9 Å². The lowest BCUT2D eigenvalue weighted by molar-refractivity contribution is 0.0945. The van der Waals surface area contributed by atoms with Crippen LogP contribution in [0.25, 0.3) is 0 Å². The van der Waals surface area contributed by atoms with Crippen molar-refractivity contribution in [1.29, 1.82) is 0 Å². The number of methoxy groups -OCH3 is 1. The summed E-state index contributed by atoms with van der Waals surface area (Å²) in [6, 6.07) is 4.30. The third kappa shape index (κ3) is 3.68. The summed E-state index contributed by atoms with van der Waals surface area (Å²) in [6.45, 7) is 0.193. The summed E-state index contributed by atoms with van der Waals surface area (Å²) in [4.78, 5) is 11.7. The molecule has 0 aliphatic carbocycles. The lowest BCUT2D eigenvalue weighted by Gasteiger charge is -2.03. The van der Waals surface area contributed by atoms with Gasteiger partial charge in [-0.1, -0.05) is 5.16 Å². The number of amides is 1. The van der Waals surface area contributed by atoms with E-state index >= 15 is 0 Å². The Hall–Kier alpha value is -2.13. The molecule has 9 heteroatoms. The minimum Gasteiger partial charge on any atom is -0.453 e. The Morgan fingerprint density at radius 2 is 2.20 bits per heavy atom. The van der Waals surface area contributed by atoms with Crippen LogP contribution < -0.4 is 4.72 Å². The SMILES string of the molecule is COCc1ccc(C(=O)NS(=O)(=O)Cc2ccon2)o1. The highest BCUT2D eigenvalue weighted by molar-refractivity contribution is 7.89. The molecule has 0 fully saturated rings. The van der Waals surface area contributed by atoms with E-state index in [0.29, 0.717) is 5.76 Å². The number of carbonyl (C=O) groups is 1. The van der Waals surface area contributed by atoms with Gasteiger partial charge in [0.25, 0.3) is 5.91 Å². The van der Waals surface area contributed by atoms with Gasteiger partial charge in [-0.25, -0.2) is 13.1 Å². The molecule has 1 N–H and O–H groups in total. The highest BCUT2D eigenvalue weighted by atomic mass is 32.2. The molecule has 8 nitrogen and oxygen atoms in total. The van der Waals surface area contributed by atoms with Crippen LogP contribution in [0.3, 0.4) is 0 Å². The first kappa shape index (κ1) is 14.3. The molecular weight excluding hydrogens is 288 g/mol. The van der Waals surface area contributed by atoms with Crippen molar-refractivity contribution in [2.24, 2.45) is 0 Å². The minimum atomic E-state index is -3.87. The van der Waals surface area contributed by atoms with Crippen LogP contribution in [0.2, 0.25) is 0 Å². The predicted molar refractivity (Wildman–Crippen MR) is 66.0 cm³/mol. The predicted octanol–water partition coefficient (Wildman–Crippen LogP) is 0.674. The first-order valence-electron chi connectivity index (χ1n) is 5.52. The fraction of sp³-hybridized carbons (Fsp3) is 0.273. The number of hydrogen-bond acceptors (Lipinski definition) is 7. The Morgan fingerprint density at radius 1 is 1.40 bits per heavy atom. The first-order valence-corrected chi connectivity index (χ1v) is 7.17. The summed E-state index contributed by atoms with van der Waals surface area (Å²) < 4.78 is 39.8. The van der Waals surface area contributed by atoms with Gasteiger partial charge < -0.3 is 13.7 Å². The van der Waals surface area contributed by atoms with Gasteiger partial charge >= 0.3 is 0 Å². The molecule has 108 valence electrons. The molecule has 2 rings (SSSR count). The average molecular weight is 300 g/mol. The van der Waals surface area contributed by atoms with Gasteiger partial charge in [0.15, 0.2) is 5.76 Å². The van der Waals surface area contributed by atoms with Gasteiger partial charge in [0.05, 0.1) is 0 Å². The van der Waals surface area contributed by atoms with Gasteiger partial charge in [-0.3, -0.25) is 4.79 Å². The highest BCUT2D eigenvalue weighted by Gasteiger charge is 2.20. The molecule has 0 aliphatic rings. The van der Waals surface area contributed by atoms with Crippen molar-refractivity contribution in [3.05, 3.63) is 41.7 Å². The average Bonchev–Trinajstić information content (AvgIpc) is 2.99. The van der Waals surface area contributed by atoms with E-state index in [1.807, 2.05) is 4.72 Å². The Balaban J connectivity index is 2.02. The lowest BCUT2D eigenvalue weighted by Crippen LogP contribution is -2.31. The molecular formula is C11H12N2O6S. The van der Waals surface area contributed by atoms with Crippen LogP contribution in [-0.2, 0) is 27.1 Å². The quantitative estimate of drug-likeness (QED) is 0.834. The summed E-state index contributed by atoms with van der Waals surface area (Å²) in [6.07, 6.45) is 1.25. The summed E-state index contributed by atoms with van der Waals surface area (Å²) >= 11 is 0. The molecule has 0 radical (unpaired) electrons. The summed E-state index contributed by atoms with van der Waals surface area (Å²) in [5.41, 5.74) is 0.199. The molecule has 2 aromatic heterocycles. The number of nitrogens with zero attached hydrogens (tertiary/aromatic N) is 1. The number of carbonyl (C=O) groups excluding carboxylic acids is 1. The Labute approximate surface area is 114 Å². The molecule has 20 heavy (non-hydrogen) atoms. The number of ether oxygens (including phenoxy) is 1. The molecule has 1 amide bonds. The second-order valence-corrected chi connectivity index (χ2v) is 5.60. The molecule has 0 bridgehead atoms. The summed E-state index contributed by atoms with van der Waals surface area (Å²) in [5.74, 6) is -0.996. The molecule has 0 unspecified atom stereocenters. The van der Waals surface area contributed by atoms with E-state index in [9.17, 15) is 13.2 Å². The van der Waals surface area contributed by atoms with Crippen LogP contribution in [0.1, 0.15) is 22.0 Å². The van der Waals surface area contributed by atoms with E-state index in [2.05, 4.69) is 9.68 Å². The maximum Gasteiger partial charge on any atom is 0.300 e. The van der Waals surface area contributed by atoms with Crippen molar-refractivity contribution in [3.8, 4) is 0 Å². The molecule has 0 atom stereocenters. The summed E-state index contributed by atoms with van der Waals surface area (Å²) in [5, 5.41) is 3.46. The number of sulfonamides is 1. The van der Waals surface area contributed by atoms with Crippen LogP contribution in [0, 0.1) is 0 Å². The second kappa shape index (κ2) is 5.88. The molecule has 0 spiro atoms. The Morgan fingerprint density at radius 3 is 2.85 bits per heavy atom. The van der Waals surface area contributed by atoms with Gasteiger partial charge in [0, 0.05) is 13.2 Å². The van der Waals surface area contributed by atoms with Gasteiger partial charge in [-0.15, -0.1) is 0 Å². The zero-order valence-corrected chi connectivity index (χ0v) is 11.3. The van der Waals surface area contributed by atoms with Gasteiger partial charge in [0.2, 0.25) is 10.0 Å². The van der Waals surface area contributed by atoms with Gasteiger partial charge in [0.1, 0.15) is 30.1 Å². The lowest BCUT2D eigenvalue weighted by atomic mass is 10.4. The van der Waals surface area contributed by atoms with Crippen molar-refractivity contribution in [2.45, 2.75) is 12.4 Å². The van der Waals surface area contributed by atoms with E-state index in [4.69, 9.17) is 9.15 Å². The smallest absolute Gasteiger partial charge is 0.300 e. The van der Waals surface area contributed by atoms with Crippen molar-refractivity contribution in [3.63, 3.8) is 0 Å². The number of rotatable bonds is 6. The number of furan rings is 1. The van der Waals surface area contributed by atoms with Crippen LogP contribution >= 0.6 is 0 Å². The zero-order chi connectivity index (χ0) is 14.6. The zero-order valence-electron chi connectivity index (χ0n) is 10.5. The maximum absolute atomic E-state index is 11.7. The third-order valence-corrected chi connectivity index (χ3v) is 3.42. The standard InChI is InChI=1S/C11H12N2O6S/c1-17-6-9-2-3-10(19-9)11(14)13-20(15,16)7-8-4-5-18-12-8/h2-5H,6-7H2,1H3,(H,13,14). The van der Waals surface area contributed by atoms with E-state index < -0.39 is 21.7 Å². The molecule has 0 saturated heterocycles. The Bertz CT molecular complexity index is 674. The summed E-state index contributed by atoms with van der Waals surface area (Å²) in [7, 11) is -2.39. The van der Waals surface area contributed by atoms with E-state index in [0.717, 1.165) is 0 Å². The van der Waals surface area contributed by atoms with E-state index in [1.165, 1.54) is 31.6 Å². The molecule has 0 saturated carbocycles. The molecule has 0 aromatic carbocycles. The Kier molecular flexibility index (Phi) is 4.20. The first-order chi connectivity index (χ1) is 9.50. The fourth-order valence-corrected chi connectivity index (χ4v) is 2.45. The van der Waals surface area contributed by atoms with E-state index in [1.54, 1.807) is 0 Å². The van der Waals surface area contributed by atoms with Crippen LogP contribution in [-0.4, -0.2) is 26.6 Å². The second-order valence-electron chi connectivity index (χ2n) is 3.88. The monoisotopic (exact) mass is 300 g/mol. The van der Waals surface area contributed by atoms with Crippen LogP contribution in [0.5, 0.6) is 0 Å². The number of aromatic nitrogens is 1. The largest absolute Gasteiger partial charge is 0.453 e. The van der Waals surface area contributed by atoms with Gasteiger partial charge in [-0.2, -0.15) is 0 Å². The molecule has 0 aliphatic heterocycles. The highest BCUT2D eigenvalue weighted by Crippen LogP contribution is 2.10. The molecule has 2 heterocycles. The van der Waals surface area contributed by atoms with Crippen molar-refractivity contribution in [2.75, 3.05) is 7.11 Å². The number of hydrogen-bond donors (Lipinski definition) is 1. The third-order valence-electron chi connectivity index (χ3n) is 2.25. The normalized spacial score (nSPS) is 11.4. The minimum absolute atomic E-state index is 0.110. The van der Waals surface area contributed by atoms with Crippen LogP contribution in [0.4, 0.5) is 0 Å². The van der Waals surface area contributed by atoms with Crippen LogP contribution in [0.15, 0.2) is 33.4 Å². The number of nitrogens with one attached hydrogen (secondary N) is 1. The topological polar surface area (TPSA) is 112 Å². The van der Waals surface area contributed by atoms with Crippen molar-refractivity contribution >= 4 is 15.9 Å².